The Morgan fingerprint density at radius 1 is 0.688 bits per heavy atom. The summed E-state index contributed by atoms with van der Waals surface area (Å²) in [6.45, 7) is 4.50. The fourth-order valence-corrected chi connectivity index (χ4v) is 7.64. The topological polar surface area (TPSA) is 37.3 Å². The molecule has 2 atom stereocenters. The predicted octanol–water partition coefficient (Wildman–Crippen LogP) is 10.7. The summed E-state index contributed by atoms with van der Waals surface area (Å²) in [7, 11) is 0. The summed E-state index contributed by atoms with van der Waals surface area (Å²) in [5.74, 6) is 0.503. The van der Waals surface area contributed by atoms with Gasteiger partial charge in [0.25, 0.3) is 0 Å². The molecule has 0 amide bonds. The van der Waals surface area contributed by atoms with Gasteiger partial charge in [0, 0.05) is 28.6 Å². The Balaban J connectivity index is 1.28. The van der Waals surface area contributed by atoms with Gasteiger partial charge in [0.1, 0.15) is 0 Å². The first-order valence-corrected chi connectivity index (χ1v) is 16.8. The van der Waals surface area contributed by atoms with Crippen molar-refractivity contribution in [2.75, 3.05) is 0 Å². The second kappa shape index (κ2) is 11.2. The number of nitrogens with zero attached hydrogens (tertiary/aromatic N) is 2. The zero-order chi connectivity index (χ0) is 32.2. The van der Waals surface area contributed by atoms with Gasteiger partial charge in [0.05, 0.1) is 11.4 Å². The highest BCUT2D eigenvalue weighted by Gasteiger charge is 2.32. The molecule has 1 aromatic heterocycles. The minimum Gasteiger partial charge on any atom is -0.357 e. The molecule has 1 aliphatic carbocycles. The highest BCUT2D eigenvalue weighted by atomic mass is 15.2. The molecule has 2 heterocycles. The van der Waals surface area contributed by atoms with E-state index in [0.717, 1.165) is 40.2 Å². The van der Waals surface area contributed by atoms with Crippen LogP contribution in [0.2, 0.25) is 0 Å². The molecule has 3 nitrogen and oxygen atoms in total. The van der Waals surface area contributed by atoms with Crippen molar-refractivity contribution >= 4 is 49.8 Å². The predicted molar refractivity (Wildman–Crippen MR) is 202 cm³/mol. The third-order valence-electron chi connectivity index (χ3n) is 10.1. The molecule has 48 heavy (non-hydrogen) atoms. The molecule has 0 spiro atoms. The maximum absolute atomic E-state index is 5.57. The van der Waals surface area contributed by atoms with Crippen LogP contribution in [0.5, 0.6) is 0 Å². The smallest absolute Gasteiger partial charge is 0.153 e. The van der Waals surface area contributed by atoms with Gasteiger partial charge in [-0.2, -0.15) is 0 Å². The number of aromatic nitrogens is 1. The number of benzene rings is 6. The van der Waals surface area contributed by atoms with Crippen LogP contribution >= 0.6 is 0 Å². The molecule has 7 aromatic rings. The summed E-state index contributed by atoms with van der Waals surface area (Å²) in [5, 5.41) is 11.4. The van der Waals surface area contributed by atoms with Gasteiger partial charge in [0.15, 0.2) is 5.66 Å². The van der Waals surface area contributed by atoms with Crippen LogP contribution in [0.15, 0.2) is 151 Å². The van der Waals surface area contributed by atoms with Gasteiger partial charge in [-0.05, 0) is 98.6 Å². The molecular weight excluding hydrogens is 583 g/mol. The Kier molecular flexibility index (Phi) is 6.62. The van der Waals surface area contributed by atoms with Crippen LogP contribution in [0.1, 0.15) is 41.7 Å². The Morgan fingerprint density at radius 2 is 1.38 bits per heavy atom. The molecule has 0 radical (unpaired) electrons. The van der Waals surface area contributed by atoms with Crippen molar-refractivity contribution in [2.45, 2.75) is 25.9 Å². The van der Waals surface area contributed by atoms with Gasteiger partial charge in [-0.15, -0.1) is 0 Å². The number of pyridine rings is 1. The molecule has 2 aliphatic rings. The van der Waals surface area contributed by atoms with Gasteiger partial charge < -0.3 is 5.32 Å². The third-order valence-corrected chi connectivity index (χ3v) is 10.1. The average molecular weight is 618 g/mol. The first-order chi connectivity index (χ1) is 23.5. The summed E-state index contributed by atoms with van der Waals surface area (Å²) in [6.07, 6.45) is 9.80. The first kappa shape index (κ1) is 28.4. The fraction of sp³-hybridized carbons (Fsp3) is 0.111. The van der Waals surface area contributed by atoms with Gasteiger partial charge in [-0.3, -0.25) is 9.98 Å². The lowest BCUT2D eigenvalue weighted by molar-refractivity contribution is 0.448. The van der Waals surface area contributed by atoms with Crippen molar-refractivity contribution in [1.29, 1.82) is 0 Å². The molecular formula is C45H35N3. The van der Waals surface area contributed by atoms with Gasteiger partial charge in [-0.25, -0.2) is 0 Å². The molecule has 0 fully saturated rings. The second-order valence-corrected chi connectivity index (χ2v) is 13.3. The number of nitrogens with one attached hydrogen (secondary N) is 1. The lowest BCUT2D eigenvalue weighted by Crippen LogP contribution is -2.40. The summed E-state index contributed by atoms with van der Waals surface area (Å²) in [5.41, 5.74) is 9.54. The van der Waals surface area contributed by atoms with Crippen molar-refractivity contribution in [3.8, 4) is 11.3 Å². The maximum Gasteiger partial charge on any atom is 0.153 e. The first-order valence-electron chi connectivity index (χ1n) is 16.8. The minimum atomic E-state index is -0.723. The highest BCUT2D eigenvalue weighted by molar-refractivity contribution is 6.24. The Labute approximate surface area is 281 Å². The Bertz CT molecular complexity index is 2470. The zero-order valence-electron chi connectivity index (χ0n) is 27.1. The van der Waals surface area contributed by atoms with Crippen molar-refractivity contribution in [3.05, 3.63) is 174 Å². The molecule has 1 N–H and O–H groups in total. The normalized spacial score (nSPS) is 18.8. The van der Waals surface area contributed by atoms with E-state index in [9.17, 15) is 0 Å². The van der Waals surface area contributed by atoms with E-state index >= 15 is 0 Å². The molecule has 1 aliphatic heterocycles. The van der Waals surface area contributed by atoms with Crippen molar-refractivity contribution in [2.24, 2.45) is 10.9 Å². The van der Waals surface area contributed by atoms with Crippen LogP contribution in [0, 0.1) is 5.92 Å². The van der Waals surface area contributed by atoms with Crippen molar-refractivity contribution < 1.29 is 0 Å². The molecule has 0 saturated heterocycles. The van der Waals surface area contributed by atoms with E-state index in [4.69, 9.17) is 4.99 Å². The van der Waals surface area contributed by atoms with Gasteiger partial charge >= 0.3 is 0 Å². The van der Waals surface area contributed by atoms with Crippen LogP contribution in [0.3, 0.4) is 0 Å². The second-order valence-electron chi connectivity index (χ2n) is 13.3. The standard InChI is InChI=1S/C45H35N3/c1-29-18-23-35-32(25-29)27-41(39-16-8-6-14-37(35)39)44-28-43(40-26-31-11-3-4-12-34(31)36-13-5-7-15-38(36)40)47-45(2,48-44)33-21-19-30(20-22-33)42-17-9-10-24-46-42/h3-24,26-29,48H,25H2,1-2H3. The van der Waals surface area contributed by atoms with E-state index in [0.29, 0.717) is 5.92 Å². The Morgan fingerprint density at radius 3 is 2.15 bits per heavy atom. The molecule has 2 unspecified atom stereocenters. The molecule has 3 heteroatoms. The largest absolute Gasteiger partial charge is 0.357 e. The fourth-order valence-electron chi connectivity index (χ4n) is 7.64. The SMILES string of the molecule is CC1C=Cc2c(cc(C3=CC(c4cc5ccccc5c5ccccc45)=NC(C)(c4ccc(-c5ccccn5)cc4)N3)c3ccccc23)C1. The molecule has 230 valence electrons. The summed E-state index contributed by atoms with van der Waals surface area (Å²) in [6, 6.07) is 45.7. The zero-order valence-corrected chi connectivity index (χ0v) is 27.1. The van der Waals surface area contributed by atoms with E-state index in [1.165, 1.54) is 49.0 Å². The van der Waals surface area contributed by atoms with Crippen LogP contribution in [-0.4, -0.2) is 10.7 Å². The van der Waals surface area contributed by atoms with Gasteiger partial charge in [0.2, 0.25) is 0 Å². The van der Waals surface area contributed by atoms with E-state index in [1.54, 1.807) is 0 Å². The molecule has 0 bridgehead atoms. The number of hydrogen-bond donors (Lipinski definition) is 1. The minimum absolute atomic E-state index is 0.503. The van der Waals surface area contributed by atoms with Crippen LogP contribution in [-0.2, 0) is 12.1 Å². The molecule has 9 rings (SSSR count). The summed E-state index contributed by atoms with van der Waals surface area (Å²) in [4.78, 5) is 10.1. The maximum atomic E-state index is 5.57. The number of aliphatic imine (C=N–C) groups is 1. The molecule has 0 saturated carbocycles. The number of allylic oxidation sites excluding steroid dienone is 2. The highest BCUT2D eigenvalue weighted by Crippen LogP contribution is 2.40. The van der Waals surface area contributed by atoms with Crippen LogP contribution < -0.4 is 5.32 Å². The monoisotopic (exact) mass is 617 g/mol. The lowest BCUT2D eigenvalue weighted by Gasteiger charge is -2.35. The van der Waals surface area contributed by atoms with Crippen molar-refractivity contribution in [3.63, 3.8) is 0 Å². The van der Waals surface area contributed by atoms with Gasteiger partial charge in [-0.1, -0.05) is 122 Å². The number of hydrogen-bond acceptors (Lipinski definition) is 3. The summed E-state index contributed by atoms with van der Waals surface area (Å²) < 4.78 is 0. The quantitative estimate of drug-likeness (QED) is 0.200. The number of rotatable bonds is 4. The number of fused-ring (bicyclic) bond motifs is 6. The molecule has 6 aromatic carbocycles. The van der Waals surface area contributed by atoms with E-state index < -0.39 is 5.66 Å². The summed E-state index contributed by atoms with van der Waals surface area (Å²) >= 11 is 0. The Hall–Kier alpha value is -5.80. The third kappa shape index (κ3) is 4.74. The lowest BCUT2D eigenvalue weighted by atomic mass is 9.84. The van der Waals surface area contributed by atoms with E-state index in [-0.39, 0.29) is 0 Å². The average Bonchev–Trinajstić information content (AvgIpc) is 3.14. The van der Waals surface area contributed by atoms with Crippen LogP contribution in [0.25, 0.3) is 55.3 Å². The van der Waals surface area contributed by atoms with E-state index in [2.05, 4.69) is 158 Å². The van der Waals surface area contributed by atoms with Crippen molar-refractivity contribution in [1.82, 2.24) is 10.3 Å². The van der Waals surface area contributed by atoms with E-state index in [1.807, 2.05) is 18.3 Å². The van der Waals surface area contributed by atoms with Crippen LogP contribution in [0.4, 0.5) is 0 Å².